The van der Waals surface area contributed by atoms with Gasteiger partial charge < -0.3 is 5.32 Å². The van der Waals surface area contributed by atoms with E-state index in [4.69, 9.17) is 11.6 Å². The molecule has 0 saturated carbocycles. The number of nitrogens with one attached hydrogen (secondary N) is 1. The summed E-state index contributed by atoms with van der Waals surface area (Å²) in [7, 11) is 0. The minimum atomic E-state index is -0.126. The number of alkyl halides is 1. The van der Waals surface area contributed by atoms with Crippen LogP contribution in [-0.4, -0.2) is 6.54 Å². The zero-order chi connectivity index (χ0) is 13.7. The summed E-state index contributed by atoms with van der Waals surface area (Å²) in [5.41, 5.74) is 3.82. The highest BCUT2D eigenvalue weighted by atomic mass is 35.5. The number of rotatable bonds is 5. The molecule has 3 heteroatoms. The Kier molecular flexibility index (Phi) is 4.80. The second-order valence-electron chi connectivity index (χ2n) is 4.60. The first-order valence-corrected chi connectivity index (χ1v) is 6.86. The number of halogens is 2. The summed E-state index contributed by atoms with van der Waals surface area (Å²) in [6.07, 6.45) is 0.670. The van der Waals surface area contributed by atoms with Gasteiger partial charge in [0.05, 0.1) is 0 Å². The van der Waals surface area contributed by atoms with Crippen LogP contribution < -0.4 is 5.32 Å². The maximum Gasteiger partial charge on any atom is 0.126 e. The molecule has 2 aromatic carbocycles. The zero-order valence-electron chi connectivity index (χ0n) is 10.9. The van der Waals surface area contributed by atoms with E-state index in [0.717, 1.165) is 22.4 Å². The summed E-state index contributed by atoms with van der Waals surface area (Å²) >= 11 is 5.73. The van der Waals surface area contributed by atoms with Crippen molar-refractivity contribution in [3.8, 4) is 0 Å². The van der Waals surface area contributed by atoms with Crippen LogP contribution in [-0.2, 0) is 12.3 Å². The van der Waals surface area contributed by atoms with Crippen molar-refractivity contribution in [3.63, 3.8) is 0 Å². The van der Waals surface area contributed by atoms with Gasteiger partial charge in [-0.05, 0) is 48.2 Å². The summed E-state index contributed by atoms with van der Waals surface area (Å²) in [6.45, 7) is 2.60. The molecule has 0 aliphatic rings. The lowest BCUT2D eigenvalue weighted by Gasteiger charge is -2.08. The van der Waals surface area contributed by atoms with Crippen molar-refractivity contribution in [2.75, 3.05) is 11.9 Å². The Morgan fingerprint density at radius 2 is 1.84 bits per heavy atom. The van der Waals surface area contributed by atoms with Gasteiger partial charge in [-0.2, -0.15) is 0 Å². The Balaban J connectivity index is 1.88. The van der Waals surface area contributed by atoms with Crippen LogP contribution in [0.1, 0.15) is 16.7 Å². The van der Waals surface area contributed by atoms with E-state index < -0.39 is 0 Å². The molecule has 0 spiro atoms. The van der Waals surface area contributed by atoms with Crippen LogP contribution in [0.25, 0.3) is 0 Å². The Morgan fingerprint density at radius 3 is 2.47 bits per heavy atom. The standard InChI is InChI=1S/C16H17ClFN/c1-12-2-5-14(16(18)10-12)8-9-19-15-6-3-13(11-17)4-7-15/h2-7,10,19H,8-9,11H2,1H3. The summed E-state index contributed by atoms with van der Waals surface area (Å²) in [6, 6.07) is 13.3. The summed E-state index contributed by atoms with van der Waals surface area (Å²) in [4.78, 5) is 0. The quantitative estimate of drug-likeness (QED) is 0.792. The van der Waals surface area contributed by atoms with Crippen LogP contribution in [0.3, 0.4) is 0 Å². The fraction of sp³-hybridized carbons (Fsp3) is 0.250. The normalized spacial score (nSPS) is 10.5. The fourth-order valence-electron chi connectivity index (χ4n) is 1.91. The zero-order valence-corrected chi connectivity index (χ0v) is 11.7. The summed E-state index contributed by atoms with van der Waals surface area (Å²) in [5, 5.41) is 3.28. The van der Waals surface area contributed by atoms with E-state index >= 15 is 0 Å². The third-order valence-corrected chi connectivity index (χ3v) is 3.35. The molecule has 0 unspecified atom stereocenters. The highest BCUT2D eigenvalue weighted by Gasteiger charge is 2.01. The van der Waals surface area contributed by atoms with Gasteiger partial charge in [0, 0.05) is 18.1 Å². The third-order valence-electron chi connectivity index (χ3n) is 3.04. The number of hydrogen-bond donors (Lipinski definition) is 1. The number of benzene rings is 2. The predicted octanol–water partition coefficient (Wildman–Crippen LogP) is 4.53. The molecule has 0 atom stereocenters. The van der Waals surface area contributed by atoms with E-state index in [1.54, 1.807) is 6.07 Å². The molecule has 100 valence electrons. The SMILES string of the molecule is Cc1ccc(CCNc2ccc(CCl)cc2)c(F)c1. The van der Waals surface area contributed by atoms with Gasteiger partial charge in [-0.25, -0.2) is 4.39 Å². The van der Waals surface area contributed by atoms with Crippen molar-refractivity contribution < 1.29 is 4.39 Å². The van der Waals surface area contributed by atoms with Gasteiger partial charge in [0.15, 0.2) is 0 Å². The topological polar surface area (TPSA) is 12.0 Å². The molecular weight excluding hydrogens is 261 g/mol. The van der Waals surface area contributed by atoms with E-state index in [9.17, 15) is 4.39 Å². The lowest BCUT2D eigenvalue weighted by Crippen LogP contribution is -2.06. The molecule has 0 heterocycles. The van der Waals surface area contributed by atoms with Gasteiger partial charge >= 0.3 is 0 Å². The van der Waals surface area contributed by atoms with E-state index in [2.05, 4.69) is 5.32 Å². The smallest absolute Gasteiger partial charge is 0.126 e. The van der Waals surface area contributed by atoms with Gasteiger partial charge in [0.1, 0.15) is 5.82 Å². The molecule has 1 nitrogen and oxygen atoms in total. The lowest BCUT2D eigenvalue weighted by molar-refractivity contribution is 0.609. The Morgan fingerprint density at radius 1 is 1.11 bits per heavy atom. The molecule has 2 aromatic rings. The molecular formula is C16H17ClFN. The van der Waals surface area contributed by atoms with E-state index in [1.807, 2.05) is 43.3 Å². The highest BCUT2D eigenvalue weighted by molar-refractivity contribution is 6.17. The molecule has 19 heavy (non-hydrogen) atoms. The van der Waals surface area contributed by atoms with Gasteiger partial charge in [-0.3, -0.25) is 0 Å². The molecule has 0 aliphatic carbocycles. The lowest BCUT2D eigenvalue weighted by atomic mass is 10.1. The minimum absolute atomic E-state index is 0.126. The van der Waals surface area contributed by atoms with Gasteiger partial charge in [0.2, 0.25) is 0 Å². The summed E-state index contributed by atoms with van der Waals surface area (Å²) < 4.78 is 13.6. The van der Waals surface area contributed by atoms with Gasteiger partial charge in [-0.15, -0.1) is 11.6 Å². The van der Waals surface area contributed by atoms with Crippen molar-refractivity contribution in [2.24, 2.45) is 0 Å². The number of aryl methyl sites for hydroxylation is 1. The van der Waals surface area contributed by atoms with E-state index in [1.165, 1.54) is 0 Å². The van der Waals surface area contributed by atoms with E-state index in [0.29, 0.717) is 18.8 Å². The second kappa shape index (κ2) is 6.58. The van der Waals surface area contributed by atoms with Crippen molar-refractivity contribution in [1.29, 1.82) is 0 Å². The maximum atomic E-state index is 13.6. The minimum Gasteiger partial charge on any atom is -0.385 e. The van der Waals surface area contributed by atoms with Crippen LogP contribution >= 0.6 is 11.6 Å². The average Bonchev–Trinajstić information content (AvgIpc) is 2.42. The van der Waals surface area contributed by atoms with Crippen LogP contribution in [0.4, 0.5) is 10.1 Å². The molecule has 0 radical (unpaired) electrons. The first-order chi connectivity index (χ1) is 9.19. The Labute approximate surface area is 118 Å². The van der Waals surface area contributed by atoms with Crippen LogP contribution in [0.2, 0.25) is 0 Å². The van der Waals surface area contributed by atoms with Crippen LogP contribution in [0.15, 0.2) is 42.5 Å². The number of anilines is 1. The molecule has 0 aromatic heterocycles. The average molecular weight is 278 g/mol. The molecule has 0 aliphatic heterocycles. The number of hydrogen-bond acceptors (Lipinski definition) is 1. The van der Waals surface area contributed by atoms with Crippen molar-refractivity contribution in [3.05, 3.63) is 65.0 Å². The van der Waals surface area contributed by atoms with Crippen LogP contribution in [0, 0.1) is 12.7 Å². The first kappa shape index (κ1) is 13.9. The molecule has 0 amide bonds. The second-order valence-corrected chi connectivity index (χ2v) is 4.87. The Hall–Kier alpha value is -1.54. The molecule has 1 N–H and O–H groups in total. The highest BCUT2D eigenvalue weighted by Crippen LogP contribution is 2.13. The fourth-order valence-corrected chi connectivity index (χ4v) is 2.09. The third kappa shape index (κ3) is 3.97. The molecule has 0 saturated heterocycles. The first-order valence-electron chi connectivity index (χ1n) is 6.33. The Bertz CT molecular complexity index is 537. The van der Waals surface area contributed by atoms with Gasteiger partial charge in [-0.1, -0.05) is 24.3 Å². The summed E-state index contributed by atoms with van der Waals surface area (Å²) in [5.74, 6) is 0.397. The molecule has 2 rings (SSSR count). The molecule has 0 fully saturated rings. The predicted molar refractivity (Wildman–Crippen MR) is 79.3 cm³/mol. The van der Waals surface area contributed by atoms with Crippen molar-refractivity contribution in [2.45, 2.75) is 19.2 Å². The largest absolute Gasteiger partial charge is 0.385 e. The van der Waals surface area contributed by atoms with Crippen molar-refractivity contribution in [1.82, 2.24) is 0 Å². The van der Waals surface area contributed by atoms with Gasteiger partial charge in [0.25, 0.3) is 0 Å². The monoisotopic (exact) mass is 277 g/mol. The molecule has 0 bridgehead atoms. The van der Waals surface area contributed by atoms with E-state index in [-0.39, 0.29) is 5.82 Å². The van der Waals surface area contributed by atoms with Crippen LogP contribution in [0.5, 0.6) is 0 Å². The van der Waals surface area contributed by atoms with Crippen molar-refractivity contribution >= 4 is 17.3 Å². The maximum absolute atomic E-state index is 13.6.